The van der Waals surface area contributed by atoms with Gasteiger partial charge < -0.3 is 10.6 Å². The molecule has 1 aromatic heterocycles. The molecule has 2 aromatic rings. The van der Waals surface area contributed by atoms with Crippen LogP contribution < -0.4 is 10.6 Å². The molecule has 4 rings (SSSR count). The number of aromatic nitrogens is 2. The van der Waals surface area contributed by atoms with Gasteiger partial charge in [-0.1, -0.05) is 47.3 Å². The molecule has 1 amide bonds. The maximum Gasteiger partial charge on any atom is 0.410 e. The molecule has 2 heterocycles. The number of fused-ring (bicyclic) bond motifs is 1. The standard InChI is InChI=1S/C20H22BrF3N4O/c21-13-8-6-12(7-9-13)15-10-17(20(22,23)24)28-18(26-15)11-16(27-28)19(29)25-14-4-2-1-3-5-14/h6-9,11,14-15,17,26H,1-5,10H2,(H,25,29)/t15-,17-/m1/s1. The number of nitrogens with one attached hydrogen (secondary N) is 2. The largest absolute Gasteiger partial charge is 0.410 e. The number of anilines is 1. The molecule has 0 bridgehead atoms. The zero-order valence-corrected chi connectivity index (χ0v) is 17.3. The van der Waals surface area contributed by atoms with Crippen molar-refractivity contribution in [1.29, 1.82) is 0 Å². The predicted molar refractivity (Wildman–Crippen MR) is 107 cm³/mol. The van der Waals surface area contributed by atoms with Crippen LogP contribution in [0.1, 0.15) is 66.7 Å². The first-order valence-electron chi connectivity index (χ1n) is 9.80. The van der Waals surface area contributed by atoms with Crippen molar-refractivity contribution in [1.82, 2.24) is 15.1 Å². The summed E-state index contributed by atoms with van der Waals surface area (Å²) < 4.78 is 43.0. The van der Waals surface area contributed by atoms with E-state index in [1.54, 1.807) is 24.3 Å². The van der Waals surface area contributed by atoms with E-state index in [1.807, 2.05) is 0 Å². The summed E-state index contributed by atoms with van der Waals surface area (Å²) >= 11 is 3.34. The number of benzene rings is 1. The van der Waals surface area contributed by atoms with Crippen LogP contribution in [0.3, 0.4) is 0 Å². The van der Waals surface area contributed by atoms with Gasteiger partial charge in [0.15, 0.2) is 11.7 Å². The highest BCUT2D eigenvalue weighted by atomic mass is 79.9. The van der Waals surface area contributed by atoms with E-state index >= 15 is 0 Å². The zero-order chi connectivity index (χ0) is 20.6. The minimum absolute atomic E-state index is 0.0174. The number of hydrogen-bond acceptors (Lipinski definition) is 3. The lowest BCUT2D eigenvalue weighted by Gasteiger charge is -2.33. The van der Waals surface area contributed by atoms with E-state index in [1.165, 1.54) is 6.07 Å². The Kier molecular flexibility index (Phi) is 5.59. The summed E-state index contributed by atoms with van der Waals surface area (Å²) in [7, 11) is 0. The smallest absolute Gasteiger partial charge is 0.363 e. The summed E-state index contributed by atoms with van der Waals surface area (Å²) in [6.45, 7) is 0. The Labute approximate surface area is 175 Å². The second-order valence-electron chi connectivity index (χ2n) is 7.71. The molecule has 0 radical (unpaired) electrons. The molecule has 1 saturated carbocycles. The Morgan fingerprint density at radius 3 is 2.52 bits per heavy atom. The van der Waals surface area contributed by atoms with Crippen LogP contribution in [0.25, 0.3) is 0 Å². The number of alkyl halides is 3. The monoisotopic (exact) mass is 470 g/mol. The Morgan fingerprint density at radius 2 is 1.86 bits per heavy atom. The molecule has 0 spiro atoms. The van der Waals surface area contributed by atoms with Gasteiger partial charge in [-0.05, 0) is 30.5 Å². The second-order valence-corrected chi connectivity index (χ2v) is 8.63. The number of carbonyl (C=O) groups is 1. The van der Waals surface area contributed by atoms with Gasteiger partial charge in [-0.3, -0.25) is 4.79 Å². The Morgan fingerprint density at radius 1 is 1.17 bits per heavy atom. The highest BCUT2D eigenvalue weighted by Gasteiger charge is 2.46. The van der Waals surface area contributed by atoms with E-state index in [4.69, 9.17) is 0 Å². The third-order valence-corrected chi connectivity index (χ3v) is 6.16. The molecule has 9 heteroatoms. The van der Waals surface area contributed by atoms with Crippen molar-refractivity contribution in [2.45, 2.75) is 62.8 Å². The van der Waals surface area contributed by atoms with Crippen molar-refractivity contribution in [3.8, 4) is 0 Å². The van der Waals surface area contributed by atoms with E-state index in [0.717, 1.165) is 46.8 Å². The van der Waals surface area contributed by atoms with Gasteiger partial charge in [0.05, 0.1) is 6.04 Å². The van der Waals surface area contributed by atoms with Crippen LogP contribution in [-0.2, 0) is 0 Å². The molecule has 1 aromatic carbocycles. The Balaban J connectivity index is 1.59. The lowest BCUT2D eigenvalue weighted by molar-refractivity contribution is -0.173. The predicted octanol–water partition coefficient (Wildman–Crippen LogP) is 5.37. The fourth-order valence-corrected chi connectivity index (χ4v) is 4.37. The molecule has 5 nitrogen and oxygen atoms in total. The highest BCUT2D eigenvalue weighted by molar-refractivity contribution is 9.10. The quantitative estimate of drug-likeness (QED) is 0.633. The lowest BCUT2D eigenvalue weighted by Crippen LogP contribution is -2.37. The van der Waals surface area contributed by atoms with Crippen LogP contribution in [0, 0.1) is 0 Å². The Bertz CT molecular complexity index is 875. The van der Waals surface area contributed by atoms with Gasteiger partial charge in [-0.15, -0.1) is 0 Å². The van der Waals surface area contributed by atoms with Gasteiger partial charge in [-0.2, -0.15) is 18.3 Å². The minimum Gasteiger partial charge on any atom is -0.363 e. The lowest BCUT2D eigenvalue weighted by atomic mass is 9.95. The summed E-state index contributed by atoms with van der Waals surface area (Å²) in [5.74, 6) is -0.206. The van der Waals surface area contributed by atoms with Crippen molar-refractivity contribution in [2.75, 3.05) is 5.32 Å². The molecule has 1 fully saturated rings. The summed E-state index contributed by atoms with van der Waals surface area (Å²) in [6.07, 6.45) is 0.397. The van der Waals surface area contributed by atoms with Crippen LogP contribution in [0.15, 0.2) is 34.8 Å². The van der Waals surface area contributed by atoms with Crippen molar-refractivity contribution < 1.29 is 18.0 Å². The maximum absolute atomic E-state index is 13.8. The normalized spacial score (nSPS) is 22.6. The third-order valence-electron chi connectivity index (χ3n) is 5.64. The maximum atomic E-state index is 13.8. The number of hydrogen-bond donors (Lipinski definition) is 2. The second kappa shape index (κ2) is 8.01. The van der Waals surface area contributed by atoms with Gasteiger partial charge in [0, 0.05) is 23.0 Å². The van der Waals surface area contributed by atoms with Crippen molar-refractivity contribution in [3.05, 3.63) is 46.1 Å². The van der Waals surface area contributed by atoms with Crippen LogP contribution in [0.5, 0.6) is 0 Å². The first kappa shape index (κ1) is 20.3. The van der Waals surface area contributed by atoms with E-state index in [9.17, 15) is 18.0 Å². The number of amides is 1. The van der Waals surface area contributed by atoms with Gasteiger partial charge in [0.2, 0.25) is 0 Å². The van der Waals surface area contributed by atoms with Gasteiger partial charge >= 0.3 is 6.18 Å². The van der Waals surface area contributed by atoms with Crippen LogP contribution in [0.2, 0.25) is 0 Å². The molecule has 1 aliphatic carbocycles. The summed E-state index contributed by atoms with van der Waals surface area (Å²) in [5, 5.41) is 10.1. The average molecular weight is 471 g/mol. The van der Waals surface area contributed by atoms with Gasteiger partial charge in [0.25, 0.3) is 5.91 Å². The molecule has 2 N–H and O–H groups in total. The number of carbonyl (C=O) groups excluding carboxylic acids is 1. The van der Waals surface area contributed by atoms with Crippen LogP contribution in [0.4, 0.5) is 19.0 Å². The van der Waals surface area contributed by atoms with Crippen molar-refractivity contribution in [2.24, 2.45) is 0 Å². The fourth-order valence-electron chi connectivity index (χ4n) is 4.10. The summed E-state index contributed by atoms with van der Waals surface area (Å²) in [5.41, 5.74) is 0.770. The van der Waals surface area contributed by atoms with E-state index < -0.39 is 24.2 Å². The molecule has 29 heavy (non-hydrogen) atoms. The van der Waals surface area contributed by atoms with Gasteiger partial charge in [-0.25, -0.2) is 4.68 Å². The topological polar surface area (TPSA) is 59.0 Å². The summed E-state index contributed by atoms with van der Waals surface area (Å²) in [6, 6.07) is 6.36. The van der Waals surface area contributed by atoms with Crippen molar-refractivity contribution in [3.63, 3.8) is 0 Å². The summed E-state index contributed by atoms with van der Waals surface area (Å²) in [4.78, 5) is 12.6. The first-order chi connectivity index (χ1) is 13.8. The molecule has 1 aliphatic heterocycles. The molecule has 156 valence electrons. The number of nitrogens with zero attached hydrogens (tertiary/aromatic N) is 2. The third kappa shape index (κ3) is 4.44. The Hall–Kier alpha value is -2.03. The van der Waals surface area contributed by atoms with Gasteiger partial charge in [0.1, 0.15) is 5.82 Å². The van der Waals surface area contributed by atoms with Crippen LogP contribution >= 0.6 is 15.9 Å². The average Bonchev–Trinajstić information content (AvgIpc) is 3.12. The highest BCUT2D eigenvalue weighted by Crippen LogP contribution is 2.43. The number of halogens is 4. The van der Waals surface area contributed by atoms with Crippen molar-refractivity contribution >= 4 is 27.7 Å². The zero-order valence-electron chi connectivity index (χ0n) is 15.7. The van der Waals surface area contributed by atoms with Crippen LogP contribution in [-0.4, -0.2) is 27.9 Å². The molecule has 2 atom stereocenters. The SMILES string of the molecule is O=C(NC1CCCCC1)c1cc2n(n1)[C@@H](C(F)(F)F)C[C@H](c1ccc(Br)cc1)N2. The molecule has 0 saturated heterocycles. The minimum atomic E-state index is -4.46. The first-order valence-corrected chi connectivity index (χ1v) is 10.6. The molecule has 0 unspecified atom stereocenters. The number of rotatable bonds is 3. The van der Waals surface area contributed by atoms with E-state index in [0.29, 0.717) is 0 Å². The van der Waals surface area contributed by atoms with E-state index in [-0.39, 0.29) is 24.0 Å². The molecular weight excluding hydrogens is 449 g/mol. The fraction of sp³-hybridized carbons (Fsp3) is 0.500. The molecule has 2 aliphatic rings. The van der Waals surface area contributed by atoms with E-state index in [2.05, 4.69) is 31.7 Å². The molecular formula is C20H22BrF3N4O.